The number of likely N-dealkylation sites (tertiary alicyclic amines) is 1. The van der Waals surface area contributed by atoms with Crippen molar-refractivity contribution in [1.29, 1.82) is 0 Å². The topological polar surface area (TPSA) is 64.3 Å². The molecule has 0 bridgehead atoms. The lowest BCUT2D eigenvalue weighted by molar-refractivity contribution is -0.132. The van der Waals surface area contributed by atoms with Crippen molar-refractivity contribution in [2.45, 2.75) is 45.7 Å². The molecule has 0 unspecified atom stereocenters. The molecule has 6 heteroatoms. The quantitative estimate of drug-likeness (QED) is 0.803. The Morgan fingerprint density at radius 1 is 1.20 bits per heavy atom. The zero-order valence-electron chi connectivity index (χ0n) is 11.9. The smallest absolute Gasteiger partial charge is 0.331 e. The molecule has 1 aromatic heterocycles. The molecule has 1 saturated heterocycles. The summed E-state index contributed by atoms with van der Waals surface area (Å²) in [7, 11) is 0. The van der Waals surface area contributed by atoms with Gasteiger partial charge in [-0.05, 0) is 25.7 Å². The standard InChI is InChI=1S/C14H21N3O3/c1-2-7-16-10-6-12(18)17(14(16)20)11-13(19)15-8-4-3-5-9-15/h6,10H,2-5,7-9,11H2,1H3. The number of aryl methyl sites for hydroxylation is 1. The summed E-state index contributed by atoms with van der Waals surface area (Å²) < 4.78 is 2.51. The van der Waals surface area contributed by atoms with Crippen LogP contribution in [0.5, 0.6) is 0 Å². The Morgan fingerprint density at radius 3 is 2.55 bits per heavy atom. The van der Waals surface area contributed by atoms with Gasteiger partial charge >= 0.3 is 5.69 Å². The van der Waals surface area contributed by atoms with Gasteiger partial charge in [-0.3, -0.25) is 14.2 Å². The molecule has 1 fully saturated rings. The monoisotopic (exact) mass is 279 g/mol. The molecule has 1 aromatic rings. The number of amides is 1. The Bertz CT molecular complexity index is 582. The molecule has 1 amide bonds. The molecule has 2 heterocycles. The zero-order valence-corrected chi connectivity index (χ0v) is 11.9. The minimum absolute atomic E-state index is 0.141. The van der Waals surface area contributed by atoms with Crippen molar-refractivity contribution < 1.29 is 4.79 Å². The fraction of sp³-hybridized carbons (Fsp3) is 0.643. The average Bonchev–Trinajstić information content (AvgIpc) is 2.47. The van der Waals surface area contributed by atoms with E-state index < -0.39 is 11.2 Å². The number of nitrogens with zero attached hydrogens (tertiary/aromatic N) is 3. The van der Waals surface area contributed by atoms with E-state index in [0.717, 1.165) is 43.3 Å². The molecule has 0 atom stereocenters. The third-order valence-corrected chi connectivity index (χ3v) is 3.61. The number of aromatic nitrogens is 2. The van der Waals surface area contributed by atoms with E-state index in [1.54, 1.807) is 4.90 Å². The van der Waals surface area contributed by atoms with Gasteiger partial charge in [0.05, 0.1) is 0 Å². The van der Waals surface area contributed by atoms with E-state index in [-0.39, 0.29) is 12.5 Å². The van der Waals surface area contributed by atoms with Crippen molar-refractivity contribution in [3.63, 3.8) is 0 Å². The van der Waals surface area contributed by atoms with Crippen LogP contribution in [-0.2, 0) is 17.9 Å². The van der Waals surface area contributed by atoms with Gasteiger partial charge in [-0.2, -0.15) is 0 Å². The summed E-state index contributed by atoms with van der Waals surface area (Å²) in [5.41, 5.74) is -0.808. The third-order valence-electron chi connectivity index (χ3n) is 3.61. The third kappa shape index (κ3) is 3.18. The summed E-state index contributed by atoms with van der Waals surface area (Å²) in [5.74, 6) is -0.141. The Labute approximate surface area is 117 Å². The second kappa shape index (κ2) is 6.54. The van der Waals surface area contributed by atoms with Crippen LogP contribution in [0.25, 0.3) is 0 Å². The van der Waals surface area contributed by atoms with Gasteiger partial charge in [0.1, 0.15) is 6.54 Å². The first-order valence-electron chi connectivity index (χ1n) is 7.21. The molecule has 1 aliphatic heterocycles. The highest BCUT2D eigenvalue weighted by atomic mass is 16.2. The molecule has 0 aliphatic carbocycles. The maximum Gasteiger partial charge on any atom is 0.331 e. The van der Waals surface area contributed by atoms with Crippen LogP contribution in [0.3, 0.4) is 0 Å². The van der Waals surface area contributed by atoms with Crippen molar-refractivity contribution in [2.75, 3.05) is 13.1 Å². The average molecular weight is 279 g/mol. The fourth-order valence-corrected chi connectivity index (χ4v) is 2.49. The van der Waals surface area contributed by atoms with E-state index in [1.807, 2.05) is 6.92 Å². The number of rotatable bonds is 4. The molecule has 6 nitrogen and oxygen atoms in total. The van der Waals surface area contributed by atoms with Crippen LogP contribution in [0, 0.1) is 0 Å². The maximum absolute atomic E-state index is 12.2. The molecule has 20 heavy (non-hydrogen) atoms. The van der Waals surface area contributed by atoms with Crippen molar-refractivity contribution in [3.8, 4) is 0 Å². The minimum atomic E-state index is -0.410. The Balaban J connectivity index is 2.19. The predicted octanol–water partition coefficient (Wildman–Crippen LogP) is 0.432. The highest BCUT2D eigenvalue weighted by Gasteiger charge is 2.18. The van der Waals surface area contributed by atoms with Crippen LogP contribution >= 0.6 is 0 Å². The van der Waals surface area contributed by atoms with Crippen LogP contribution in [0.4, 0.5) is 0 Å². The first-order chi connectivity index (χ1) is 9.63. The van der Waals surface area contributed by atoms with Crippen LogP contribution < -0.4 is 11.2 Å². The van der Waals surface area contributed by atoms with Crippen molar-refractivity contribution >= 4 is 5.91 Å². The Kier molecular flexibility index (Phi) is 4.76. The van der Waals surface area contributed by atoms with E-state index in [9.17, 15) is 14.4 Å². The van der Waals surface area contributed by atoms with Gasteiger partial charge in [0, 0.05) is 31.9 Å². The van der Waals surface area contributed by atoms with E-state index in [2.05, 4.69) is 0 Å². The van der Waals surface area contributed by atoms with Crippen LogP contribution in [0.1, 0.15) is 32.6 Å². The fourth-order valence-electron chi connectivity index (χ4n) is 2.49. The summed E-state index contributed by atoms with van der Waals surface area (Å²) in [6.07, 6.45) is 5.43. The minimum Gasteiger partial charge on any atom is -0.341 e. The highest BCUT2D eigenvalue weighted by Crippen LogP contribution is 2.08. The van der Waals surface area contributed by atoms with Gasteiger partial charge in [0.2, 0.25) is 5.91 Å². The van der Waals surface area contributed by atoms with Gasteiger partial charge in [-0.15, -0.1) is 0 Å². The van der Waals surface area contributed by atoms with Gasteiger partial charge in [0.15, 0.2) is 0 Å². The first-order valence-corrected chi connectivity index (χ1v) is 7.21. The van der Waals surface area contributed by atoms with E-state index in [4.69, 9.17) is 0 Å². The largest absolute Gasteiger partial charge is 0.341 e. The van der Waals surface area contributed by atoms with Gasteiger partial charge in [-0.25, -0.2) is 4.79 Å². The zero-order chi connectivity index (χ0) is 14.5. The first kappa shape index (κ1) is 14.6. The predicted molar refractivity (Wildman–Crippen MR) is 75.7 cm³/mol. The number of hydrogen-bond acceptors (Lipinski definition) is 3. The van der Waals surface area contributed by atoms with Gasteiger partial charge in [-0.1, -0.05) is 6.92 Å². The van der Waals surface area contributed by atoms with E-state index in [0.29, 0.717) is 6.54 Å². The summed E-state index contributed by atoms with van der Waals surface area (Å²) in [4.78, 5) is 37.8. The lowest BCUT2D eigenvalue weighted by Gasteiger charge is -2.26. The summed E-state index contributed by atoms with van der Waals surface area (Å²) >= 11 is 0. The summed E-state index contributed by atoms with van der Waals surface area (Å²) in [6, 6.07) is 1.35. The normalized spacial score (nSPS) is 15.3. The van der Waals surface area contributed by atoms with Crippen molar-refractivity contribution in [2.24, 2.45) is 0 Å². The van der Waals surface area contributed by atoms with Crippen LogP contribution in [0.2, 0.25) is 0 Å². The lowest BCUT2D eigenvalue weighted by atomic mass is 10.1. The summed E-state index contributed by atoms with van der Waals surface area (Å²) in [5, 5.41) is 0. The Morgan fingerprint density at radius 2 is 1.90 bits per heavy atom. The molecule has 0 N–H and O–H groups in total. The van der Waals surface area contributed by atoms with Crippen molar-refractivity contribution in [1.82, 2.24) is 14.0 Å². The molecular formula is C14H21N3O3. The lowest BCUT2D eigenvalue weighted by Crippen LogP contribution is -2.45. The summed E-state index contributed by atoms with van der Waals surface area (Å²) in [6.45, 7) is 3.81. The SMILES string of the molecule is CCCn1ccc(=O)n(CC(=O)N2CCCCC2)c1=O. The number of carbonyl (C=O) groups excluding carboxylic acids is 1. The molecule has 0 aromatic carbocycles. The van der Waals surface area contributed by atoms with Crippen LogP contribution in [-0.4, -0.2) is 33.0 Å². The number of piperidine rings is 1. The molecule has 2 rings (SSSR count). The molecule has 0 saturated carbocycles. The second-order valence-electron chi connectivity index (χ2n) is 5.16. The molecule has 0 radical (unpaired) electrons. The molecule has 1 aliphatic rings. The molecule has 0 spiro atoms. The Hall–Kier alpha value is -1.85. The number of hydrogen-bond donors (Lipinski definition) is 0. The molecular weight excluding hydrogens is 258 g/mol. The van der Waals surface area contributed by atoms with Crippen molar-refractivity contribution in [3.05, 3.63) is 33.1 Å². The highest BCUT2D eigenvalue weighted by molar-refractivity contribution is 5.76. The second-order valence-corrected chi connectivity index (χ2v) is 5.16. The van der Waals surface area contributed by atoms with Gasteiger partial charge in [0.25, 0.3) is 5.56 Å². The molecule has 110 valence electrons. The number of carbonyl (C=O) groups is 1. The van der Waals surface area contributed by atoms with Gasteiger partial charge < -0.3 is 9.47 Å². The van der Waals surface area contributed by atoms with E-state index in [1.165, 1.54) is 16.8 Å². The maximum atomic E-state index is 12.2. The van der Waals surface area contributed by atoms with Crippen LogP contribution in [0.15, 0.2) is 21.9 Å². The van der Waals surface area contributed by atoms with E-state index >= 15 is 0 Å².